The molecule has 0 aromatic carbocycles. The monoisotopic (exact) mass is 390 g/mol. The van der Waals surface area contributed by atoms with Crippen molar-refractivity contribution in [2.24, 2.45) is 28.6 Å². The van der Waals surface area contributed by atoms with Crippen molar-refractivity contribution in [2.45, 2.75) is 66.2 Å². The summed E-state index contributed by atoms with van der Waals surface area (Å²) < 4.78 is 10.9. The van der Waals surface area contributed by atoms with Crippen molar-refractivity contribution in [2.75, 3.05) is 26.4 Å². The molecule has 4 heteroatoms. The normalized spacial score (nSPS) is 34.9. The summed E-state index contributed by atoms with van der Waals surface area (Å²) in [6.07, 6.45) is 11.4. The molecule has 0 radical (unpaired) electrons. The summed E-state index contributed by atoms with van der Waals surface area (Å²) in [7, 11) is 0. The summed E-state index contributed by atoms with van der Waals surface area (Å²) in [5.41, 5.74) is 2.84. The van der Waals surface area contributed by atoms with E-state index in [0.29, 0.717) is 24.4 Å². The van der Waals surface area contributed by atoms with Crippen molar-refractivity contribution in [1.82, 2.24) is 0 Å². The van der Waals surface area contributed by atoms with Gasteiger partial charge in [-0.05, 0) is 67.8 Å². The largest absolute Gasteiger partial charge is 0.463 e. The van der Waals surface area contributed by atoms with Crippen molar-refractivity contribution in [3.05, 3.63) is 23.3 Å². The van der Waals surface area contributed by atoms with Crippen LogP contribution in [0.15, 0.2) is 23.3 Å². The van der Waals surface area contributed by atoms with Gasteiger partial charge in [0.15, 0.2) is 0 Å². The van der Waals surface area contributed by atoms with Gasteiger partial charge in [0.2, 0.25) is 0 Å². The predicted molar refractivity (Wildman–Crippen MR) is 111 cm³/mol. The third-order valence-electron chi connectivity index (χ3n) is 7.74. The molecule has 0 aliphatic heterocycles. The van der Waals surface area contributed by atoms with E-state index in [1.807, 2.05) is 0 Å². The van der Waals surface area contributed by atoms with Crippen LogP contribution in [0.5, 0.6) is 0 Å². The van der Waals surface area contributed by atoms with E-state index in [1.165, 1.54) is 24.8 Å². The van der Waals surface area contributed by atoms with Crippen LogP contribution in [-0.4, -0.2) is 37.5 Å². The molecule has 4 atom stereocenters. The quantitative estimate of drug-likeness (QED) is 0.507. The van der Waals surface area contributed by atoms with Crippen molar-refractivity contribution in [1.29, 1.82) is 0 Å². The highest BCUT2D eigenvalue weighted by Crippen LogP contribution is 2.62. The Bertz CT molecular complexity index is 635. The van der Waals surface area contributed by atoms with Crippen molar-refractivity contribution in [3.63, 3.8) is 0 Å². The molecule has 0 amide bonds. The molecular weight excluding hydrogens is 352 g/mol. The van der Waals surface area contributed by atoms with Crippen molar-refractivity contribution >= 4 is 5.97 Å². The van der Waals surface area contributed by atoms with Crippen LogP contribution in [0.2, 0.25) is 0 Å². The summed E-state index contributed by atoms with van der Waals surface area (Å²) >= 11 is 0. The highest BCUT2D eigenvalue weighted by molar-refractivity contribution is 5.77. The van der Waals surface area contributed by atoms with E-state index in [1.54, 1.807) is 5.57 Å². The van der Waals surface area contributed by atoms with E-state index in [4.69, 9.17) is 14.6 Å². The van der Waals surface area contributed by atoms with Gasteiger partial charge in [0.05, 0.1) is 25.2 Å². The average molecular weight is 391 g/mol. The van der Waals surface area contributed by atoms with Gasteiger partial charge < -0.3 is 14.6 Å². The molecule has 0 saturated heterocycles. The fourth-order valence-electron chi connectivity index (χ4n) is 6.11. The van der Waals surface area contributed by atoms with E-state index in [9.17, 15) is 4.79 Å². The molecular formula is C24H38O4. The predicted octanol–water partition coefficient (Wildman–Crippen LogP) is 4.67. The van der Waals surface area contributed by atoms with Gasteiger partial charge >= 0.3 is 5.97 Å². The van der Waals surface area contributed by atoms with Crippen molar-refractivity contribution in [3.8, 4) is 0 Å². The molecule has 1 saturated carbocycles. The Hall–Kier alpha value is -1.13. The van der Waals surface area contributed by atoms with Crippen LogP contribution < -0.4 is 0 Å². The van der Waals surface area contributed by atoms with Gasteiger partial charge in [0, 0.05) is 0 Å². The fraction of sp³-hybridized carbons (Fsp3) is 0.792. The zero-order valence-corrected chi connectivity index (χ0v) is 18.1. The van der Waals surface area contributed by atoms with E-state index >= 15 is 0 Å². The molecule has 0 heterocycles. The van der Waals surface area contributed by atoms with E-state index in [0.717, 1.165) is 19.3 Å². The lowest BCUT2D eigenvalue weighted by Crippen LogP contribution is -2.53. The standard InChI is InChI=1S/C24H38O4/c1-17(2)18-6-8-20-19(16-18)7-9-21-23(20,3)10-5-11-24(21,4)22(26)28-15-14-27-13-12-25/h7,16-17,20-21,25H,5-6,8-15H2,1-4H3. The topological polar surface area (TPSA) is 55.8 Å². The van der Waals surface area contributed by atoms with Crippen LogP contribution in [0.25, 0.3) is 0 Å². The van der Waals surface area contributed by atoms with Crippen LogP contribution in [0, 0.1) is 28.6 Å². The van der Waals surface area contributed by atoms with E-state index in [2.05, 4.69) is 39.8 Å². The van der Waals surface area contributed by atoms with Crippen LogP contribution in [0.1, 0.15) is 66.2 Å². The molecule has 3 rings (SSSR count). The molecule has 158 valence electrons. The number of aliphatic hydroxyl groups excluding tert-OH is 1. The van der Waals surface area contributed by atoms with Crippen molar-refractivity contribution < 1.29 is 19.4 Å². The number of aliphatic hydroxyl groups is 1. The molecule has 1 fully saturated rings. The number of carbonyl (C=O) groups excluding carboxylic acids is 1. The van der Waals surface area contributed by atoms with E-state index < -0.39 is 5.41 Å². The number of allylic oxidation sites excluding steroid dienone is 4. The molecule has 28 heavy (non-hydrogen) atoms. The Balaban J connectivity index is 1.76. The SMILES string of the molecule is CC(C)C1=CC2=CCC3C(C)(C(=O)OCCOCCO)CCCC3(C)C2CC1. The molecule has 0 aromatic heterocycles. The zero-order chi connectivity index (χ0) is 20.4. The first-order valence-corrected chi connectivity index (χ1v) is 11.1. The summed E-state index contributed by atoms with van der Waals surface area (Å²) in [6, 6.07) is 0. The lowest BCUT2D eigenvalue weighted by atomic mass is 9.47. The number of ether oxygens (including phenoxy) is 2. The maximum absolute atomic E-state index is 13.1. The molecule has 4 unspecified atom stereocenters. The first-order chi connectivity index (χ1) is 13.3. The lowest BCUT2D eigenvalue weighted by molar-refractivity contribution is -0.170. The molecule has 3 aliphatic carbocycles. The van der Waals surface area contributed by atoms with Gasteiger partial charge in [-0.15, -0.1) is 0 Å². The smallest absolute Gasteiger partial charge is 0.312 e. The third-order valence-corrected chi connectivity index (χ3v) is 7.74. The maximum Gasteiger partial charge on any atom is 0.312 e. The van der Waals surface area contributed by atoms with Gasteiger partial charge in [-0.1, -0.05) is 44.9 Å². The summed E-state index contributed by atoms with van der Waals surface area (Å²) in [4.78, 5) is 13.1. The molecule has 4 nitrogen and oxygen atoms in total. The Kier molecular flexibility index (Phi) is 6.71. The first-order valence-electron chi connectivity index (χ1n) is 11.1. The van der Waals surface area contributed by atoms with Crippen LogP contribution in [0.3, 0.4) is 0 Å². The maximum atomic E-state index is 13.1. The summed E-state index contributed by atoms with van der Waals surface area (Å²) in [5, 5.41) is 8.78. The number of hydrogen-bond acceptors (Lipinski definition) is 4. The molecule has 0 spiro atoms. The van der Waals surface area contributed by atoms with Crippen LogP contribution in [0.4, 0.5) is 0 Å². The van der Waals surface area contributed by atoms with Crippen LogP contribution >= 0.6 is 0 Å². The fourth-order valence-corrected chi connectivity index (χ4v) is 6.11. The minimum absolute atomic E-state index is 0.00484. The third kappa shape index (κ3) is 3.95. The minimum Gasteiger partial charge on any atom is -0.463 e. The van der Waals surface area contributed by atoms with Crippen LogP contribution in [-0.2, 0) is 14.3 Å². The Morgan fingerprint density at radius 1 is 1.25 bits per heavy atom. The number of hydrogen-bond donors (Lipinski definition) is 1. The Morgan fingerprint density at radius 3 is 2.75 bits per heavy atom. The minimum atomic E-state index is -0.423. The number of rotatable bonds is 7. The van der Waals surface area contributed by atoms with Gasteiger partial charge in [0.25, 0.3) is 0 Å². The lowest BCUT2D eigenvalue weighted by Gasteiger charge is -2.57. The van der Waals surface area contributed by atoms with Gasteiger partial charge in [0.1, 0.15) is 6.61 Å². The molecule has 3 aliphatic rings. The summed E-state index contributed by atoms with van der Waals surface area (Å²) in [6.45, 7) is 10.0. The Labute approximate surface area is 170 Å². The number of fused-ring (bicyclic) bond motifs is 3. The molecule has 0 bridgehead atoms. The average Bonchev–Trinajstić information content (AvgIpc) is 2.67. The Morgan fingerprint density at radius 2 is 2.04 bits per heavy atom. The second-order valence-corrected chi connectivity index (χ2v) is 9.71. The highest BCUT2D eigenvalue weighted by atomic mass is 16.6. The first kappa shape index (κ1) is 21.6. The highest BCUT2D eigenvalue weighted by Gasteiger charge is 2.57. The molecule has 1 N–H and O–H groups in total. The second-order valence-electron chi connectivity index (χ2n) is 9.71. The second kappa shape index (κ2) is 8.71. The summed E-state index contributed by atoms with van der Waals surface area (Å²) in [5.74, 6) is 1.45. The van der Waals surface area contributed by atoms with Gasteiger partial charge in [-0.25, -0.2) is 0 Å². The number of carbonyl (C=O) groups is 1. The van der Waals surface area contributed by atoms with Gasteiger partial charge in [-0.2, -0.15) is 0 Å². The molecule has 0 aromatic rings. The number of esters is 1. The zero-order valence-electron chi connectivity index (χ0n) is 18.1. The van der Waals surface area contributed by atoms with Gasteiger partial charge in [-0.3, -0.25) is 4.79 Å². The van der Waals surface area contributed by atoms with E-state index in [-0.39, 0.29) is 31.2 Å².